The van der Waals surface area contributed by atoms with Crippen molar-refractivity contribution in [1.29, 1.82) is 0 Å². The summed E-state index contributed by atoms with van der Waals surface area (Å²) in [4.78, 5) is 13.9. The number of thioether (sulfide) groups is 1. The summed E-state index contributed by atoms with van der Waals surface area (Å²) in [5.41, 5.74) is 2.38. The Morgan fingerprint density at radius 3 is 2.52 bits per heavy atom. The van der Waals surface area contributed by atoms with Crippen molar-refractivity contribution in [3.05, 3.63) is 64.8 Å². The van der Waals surface area contributed by atoms with E-state index in [0.717, 1.165) is 15.8 Å². The molecule has 106 valence electrons. The molecule has 4 heteroatoms. The molecule has 0 amide bonds. The van der Waals surface area contributed by atoms with Crippen LogP contribution in [0.25, 0.3) is 10.9 Å². The van der Waals surface area contributed by atoms with Crippen LogP contribution in [0.5, 0.6) is 0 Å². The van der Waals surface area contributed by atoms with Gasteiger partial charge in [-0.1, -0.05) is 17.7 Å². The number of aryl methyl sites for hydroxylation is 1. The minimum absolute atomic E-state index is 0.0376. The minimum Gasteiger partial charge on any atom is -0.350 e. The number of halogens is 1. The van der Waals surface area contributed by atoms with Crippen LogP contribution in [0.1, 0.15) is 15.9 Å². The van der Waals surface area contributed by atoms with Gasteiger partial charge in [0.05, 0.1) is 0 Å². The maximum absolute atomic E-state index is 12.7. The van der Waals surface area contributed by atoms with E-state index in [2.05, 4.69) is 0 Å². The van der Waals surface area contributed by atoms with E-state index in [1.54, 1.807) is 11.8 Å². The summed E-state index contributed by atoms with van der Waals surface area (Å²) < 4.78 is 1.94. The van der Waals surface area contributed by atoms with Gasteiger partial charge in [-0.3, -0.25) is 4.79 Å². The van der Waals surface area contributed by atoms with Crippen LogP contribution in [0.2, 0.25) is 5.02 Å². The quantitative estimate of drug-likeness (QED) is 0.512. The summed E-state index contributed by atoms with van der Waals surface area (Å²) in [6.07, 6.45) is 3.89. The lowest BCUT2D eigenvalue weighted by molar-refractivity contribution is 0.104. The summed E-state index contributed by atoms with van der Waals surface area (Å²) in [6.45, 7) is 0. The summed E-state index contributed by atoms with van der Waals surface area (Å²) in [5.74, 6) is 0.0376. The van der Waals surface area contributed by atoms with Crippen LogP contribution < -0.4 is 0 Å². The third-order valence-electron chi connectivity index (χ3n) is 3.55. The van der Waals surface area contributed by atoms with Gasteiger partial charge in [-0.05, 0) is 42.7 Å². The number of aromatic nitrogens is 1. The Labute approximate surface area is 132 Å². The standard InChI is InChI=1S/C17H14ClNOS/c1-19-10-15(14-8-5-12(18)9-16(14)19)17(20)11-3-6-13(21-2)7-4-11/h3-10H,1-2H3. The van der Waals surface area contributed by atoms with E-state index in [-0.39, 0.29) is 5.78 Å². The molecular weight excluding hydrogens is 302 g/mol. The largest absolute Gasteiger partial charge is 0.350 e. The maximum Gasteiger partial charge on any atom is 0.195 e. The van der Waals surface area contributed by atoms with Gasteiger partial charge in [-0.2, -0.15) is 0 Å². The van der Waals surface area contributed by atoms with E-state index in [1.165, 1.54) is 0 Å². The topological polar surface area (TPSA) is 22.0 Å². The maximum atomic E-state index is 12.7. The molecule has 0 saturated heterocycles. The summed E-state index contributed by atoms with van der Waals surface area (Å²) in [7, 11) is 1.92. The molecule has 0 radical (unpaired) electrons. The van der Waals surface area contributed by atoms with Gasteiger partial charge in [0.15, 0.2) is 5.78 Å². The van der Waals surface area contributed by atoms with E-state index in [4.69, 9.17) is 11.6 Å². The van der Waals surface area contributed by atoms with Crippen LogP contribution in [0, 0.1) is 0 Å². The molecule has 3 aromatic rings. The molecule has 0 aliphatic carbocycles. The number of ketones is 1. The fourth-order valence-corrected chi connectivity index (χ4v) is 3.01. The highest BCUT2D eigenvalue weighted by atomic mass is 35.5. The molecule has 0 spiro atoms. The number of hydrogen-bond acceptors (Lipinski definition) is 2. The first-order valence-electron chi connectivity index (χ1n) is 6.53. The third-order valence-corrected chi connectivity index (χ3v) is 4.53. The van der Waals surface area contributed by atoms with Crippen molar-refractivity contribution in [3.63, 3.8) is 0 Å². The molecule has 1 heterocycles. The van der Waals surface area contributed by atoms with Crippen LogP contribution >= 0.6 is 23.4 Å². The lowest BCUT2D eigenvalue weighted by Gasteiger charge is -2.01. The van der Waals surface area contributed by atoms with Crippen molar-refractivity contribution < 1.29 is 4.79 Å². The Hall–Kier alpha value is -1.71. The predicted octanol–water partition coefficient (Wildman–Crippen LogP) is 4.78. The molecule has 3 rings (SSSR count). The third kappa shape index (κ3) is 2.59. The van der Waals surface area contributed by atoms with Gasteiger partial charge in [-0.15, -0.1) is 11.8 Å². The fraction of sp³-hybridized carbons (Fsp3) is 0.118. The molecule has 0 N–H and O–H groups in total. The van der Waals surface area contributed by atoms with E-state index in [9.17, 15) is 4.79 Å². The molecule has 0 bridgehead atoms. The predicted molar refractivity (Wildman–Crippen MR) is 89.6 cm³/mol. The van der Waals surface area contributed by atoms with Crippen LogP contribution in [0.3, 0.4) is 0 Å². The zero-order valence-electron chi connectivity index (χ0n) is 11.8. The average Bonchev–Trinajstić information content (AvgIpc) is 2.83. The zero-order valence-corrected chi connectivity index (χ0v) is 13.3. The van der Waals surface area contributed by atoms with Crippen molar-refractivity contribution in [2.24, 2.45) is 7.05 Å². The molecule has 0 unspecified atom stereocenters. The highest BCUT2D eigenvalue weighted by Crippen LogP contribution is 2.26. The molecular formula is C17H14ClNOS. The Morgan fingerprint density at radius 2 is 1.86 bits per heavy atom. The van der Waals surface area contributed by atoms with Crippen LogP contribution in [0.4, 0.5) is 0 Å². The van der Waals surface area contributed by atoms with Crippen molar-refractivity contribution in [2.75, 3.05) is 6.26 Å². The second-order valence-corrected chi connectivity index (χ2v) is 6.19. The van der Waals surface area contributed by atoms with E-state index < -0.39 is 0 Å². The fourth-order valence-electron chi connectivity index (χ4n) is 2.44. The zero-order chi connectivity index (χ0) is 15.0. The highest BCUT2D eigenvalue weighted by Gasteiger charge is 2.15. The number of fused-ring (bicyclic) bond motifs is 1. The van der Waals surface area contributed by atoms with Gasteiger partial charge in [-0.25, -0.2) is 0 Å². The monoisotopic (exact) mass is 315 g/mol. The second-order valence-electron chi connectivity index (χ2n) is 4.87. The van der Waals surface area contributed by atoms with Gasteiger partial charge in [0.1, 0.15) is 0 Å². The Kier molecular flexibility index (Phi) is 3.79. The van der Waals surface area contributed by atoms with Crippen molar-refractivity contribution in [3.8, 4) is 0 Å². The number of rotatable bonds is 3. The molecule has 2 aromatic carbocycles. The molecule has 0 fully saturated rings. The number of carbonyl (C=O) groups is 1. The molecule has 0 aliphatic rings. The molecule has 0 atom stereocenters. The van der Waals surface area contributed by atoms with E-state index in [1.807, 2.05) is 66.5 Å². The Morgan fingerprint density at radius 1 is 1.14 bits per heavy atom. The first-order valence-corrected chi connectivity index (χ1v) is 8.14. The normalized spacial score (nSPS) is 11.0. The molecule has 0 saturated carbocycles. The van der Waals surface area contributed by atoms with Gasteiger partial charge < -0.3 is 4.57 Å². The van der Waals surface area contributed by atoms with Crippen LogP contribution in [-0.2, 0) is 7.05 Å². The molecule has 1 aromatic heterocycles. The minimum atomic E-state index is 0.0376. The SMILES string of the molecule is CSc1ccc(C(=O)c2cn(C)c3cc(Cl)ccc23)cc1. The van der Waals surface area contributed by atoms with Gasteiger partial charge in [0.2, 0.25) is 0 Å². The van der Waals surface area contributed by atoms with Crippen molar-refractivity contribution >= 4 is 40.0 Å². The summed E-state index contributed by atoms with van der Waals surface area (Å²) in [5, 5.41) is 1.60. The first kappa shape index (κ1) is 14.2. The summed E-state index contributed by atoms with van der Waals surface area (Å²) in [6, 6.07) is 13.3. The van der Waals surface area contributed by atoms with Crippen molar-refractivity contribution in [2.45, 2.75) is 4.90 Å². The lowest BCUT2D eigenvalue weighted by atomic mass is 10.0. The van der Waals surface area contributed by atoms with Crippen LogP contribution in [0.15, 0.2) is 53.6 Å². The highest BCUT2D eigenvalue weighted by molar-refractivity contribution is 7.98. The molecule has 2 nitrogen and oxygen atoms in total. The van der Waals surface area contributed by atoms with E-state index in [0.29, 0.717) is 16.1 Å². The Balaban J connectivity index is 2.08. The second kappa shape index (κ2) is 5.58. The number of hydrogen-bond donors (Lipinski definition) is 0. The van der Waals surface area contributed by atoms with Gasteiger partial charge in [0.25, 0.3) is 0 Å². The van der Waals surface area contributed by atoms with Crippen LogP contribution in [-0.4, -0.2) is 16.6 Å². The lowest BCUT2D eigenvalue weighted by Crippen LogP contribution is -2.00. The average molecular weight is 316 g/mol. The first-order chi connectivity index (χ1) is 10.1. The van der Waals surface area contributed by atoms with Gasteiger partial charge >= 0.3 is 0 Å². The molecule has 21 heavy (non-hydrogen) atoms. The number of nitrogens with zero attached hydrogens (tertiary/aromatic N) is 1. The smallest absolute Gasteiger partial charge is 0.195 e. The number of benzene rings is 2. The van der Waals surface area contributed by atoms with E-state index >= 15 is 0 Å². The van der Waals surface area contributed by atoms with Gasteiger partial charge in [0, 0.05) is 45.2 Å². The molecule has 0 aliphatic heterocycles. The Bertz CT molecular complexity index is 821. The number of carbonyl (C=O) groups excluding carboxylic acids is 1. The van der Waals surface area contributed by atoms with Crippen molar-refractivity contribution in [1.82, 2.24) is 4.57 Å². The summed E-state index contributed by atoms with van der Waals surface area (Å²) >= 11 is 7.69.